The van der Waals surface area contributed by atoms with Crippen LogP contribution in [-0.4, -0.2) is 36.9 Å². The van der Waals surface area contributed by atoms with E-state index in [2.05, 4.69) is 15.0 Å². The summed E-state index contributed by atoms with van der Waals surface area (Å²) in [6.45, 7) is 2.71. The normalized spacial score (nSPS) is 14.7. The fourth-order valence-corrected chi connectivity index (χ4v) is 3.25. The molecule has 2 aromatic heterocycles. The Labute approximate surface area is 150 Å². The van der Waals surface area contributed by atoms with Crippen LogP contribution in [0.15, 0.2) is 53.8 Å². The lowest BCUT2D eigenvalue weighted by Crippen LogP contribution is -2.42. The van der Waals surface area contributed by atoms with Gasteiger partial charge in [-0.15, -0.1) is 0 Å². The summed E-state index contributed by atoms with van der Waals surface area (Å²) < 4.78 is 1.78. The van der Waals surface area contributed by atoms with Crippen LogP contribution in [0, 0.1) is 0 Å². The number of aromatic nitrogens is 4. The SMILES string of the molecule is C[C@H](C(=O)N1CCc2c(nc(-c3ccccc3)[nH]c2=O)C1)n1ccnc1. The Kier molecular flexibility index (Phi) is 4.12. The number of fused-ring (bicyclic) bond motifs is 1. The number of nitrogens with one attached hydrogen (secondary N) is 1. The molecule has 4 rings (SSSR count). The summed E-state index contributed by atoms with van der Waals surface area (Å²) in [5, 5.41) is 0. The van der Waals surface area contributed by atoms with Crippen molar-refractivity contribution in [1.29, 1.82) is 0 Å². The van der Waals surface area contributed by atoms with Crippen molar-refractivity contribution in [3.63, 3.8) is 0 Å². The molecule has 1 amide bonds. The molecule has 7 heteroatoms. The molecule has 0 saturated heterocycles. The second-order valence-electron chi connectivity index (χ2n) is 6.40. The van der Waals surface area contributed by atoms with E-state index in [-0.39, 0.29) is 17.5 Å². The lowest BCUT2D eigenvalue weighted by molar-refractivity contribution is -0.135. The van der Waals surface area contributed by atoms with E-state index in [1.807, 2.05) is 37.3 Å². The van der Waals surface area contributed by atoms with Gasteiger partial charge in [0.05, 0.1) is 18.6 Å². The molecular weight excluding hydrogens is 330 g/mol. The van der Waals surface area contributed by atoms with Gasteiger partial charge in [0.2, 0.25) is 5.91 Å². The van der Waals surface area contributed by atoms with E-state index in [1.54, 1.807) is 28.2 Å². The molecule has 1 atom stereocenters. The Morgan fingerprint density at radius 3 is 2.81 bits per heavy atom. The van der Waals surface area contributed by atoms with Crippen molar-refractivity contribution in [1.82, 2.24) is 24.4 Å². The van der Waals surface area contributed by atoms with Crippen molar-refractivity contribution < 1.29 is 4.79 Å². The lowest BCUT2D eigenvalue weighted by Gasteiger charge is -2.30. The van der Waals surface area contributed by atoms with Crippen LogP contribution in [0.25, 0.3) is 11.4 Å². The van der Waals surface area contributed by atoms with E-state index in [9.17, 15) is 9.59 Å². The van der Waals surface area contributed by atoms with Crippen molar-refractivity contribution in [2.75, 3.05) is 6.54 Å². The molecule has 1 N–H and O–H groups in total. The fraction of sp³-hybridized carbons (Fsp3) is 0.263. The summed E-state index contributed by atoms with van der Waals surface area (Å²) in [5.74, 6) is 0.531. The molecule has 132 valence electrons. The van der Waals surface area contributed by atoms with Gasteiger partial charge in [0.1, 0.15) is 11.9 Å². The zero-order chi connectivity index (χ0) is 18.1. The highest BCUT2D eigenvalue weighted by Crippen LogP contribution is 2.20. The largest absolute Gasteiger partial charge is 0.335 e. The minimum Gasteiger partial charge on any atom is -0.335 e. The maximum Gasteiger partial charge on any atom is 0.254 e. The highest BCUT2D eigenvalue weighted by atomic mass is 16.2. The number of H-pyrrole nitrogens is 1. The second-order valence-corrected chi connectivity index (χ2v) is 6.40. The first-order valence-electron chi connectivity index (χ1n) is 8.57. The number of amides is 1. The maximum atomic E-state index is 12.8. The minimum atomic E-state index is -0.338. The molecule has 0 unspecified atom stereocenters. The summed E-state index contributed by atoms with van der Waals surface area (Å²) in [6.07, 6.45) is 5.57. The average Bonchev–Trinajstić information content (AvgIpc) is 3.22. The molecule has 3 heterocycles. The van der Waals surface area contributed by atoms with Gasteiger partial charge in [0, 0.05) is 30.1 Å². The number of carbonyl (C=O) groups is 1. The van der Waals surface area contributed by atoms with E-state index in [4.69, 9.17) is 0 Å². The fourth-order valence-electron chi connectivity index (χ4n) is 3.25. The highest BCUT2D eigenvalue weighted by molar-refractivity contribution is 5.80. The molecule has 0 bridgehead atoms. The number of carbonyl (C=O) groups excluding carboxylic acids is 1. The Balaban J connectivity index is 1.63. The lowest BCUT2D eigenvalue weighted by atomic mass is 10.0. The number of aromatic amines is 1. The third-order valence-corrected chi connectivity index (χ3v) is 4.76. The third-order valence-electron chi connectivity index (χ3n) is 4.76. The summed E-state index contributed by atoms with van der Waals surface area (Å²) in [5.41, 5.74) is 2.07. The van der Waals surface area contributed by atoms with Crippen molar-refractivity contribution in [3.8, 4) is 11.4 Å². The topological polar surface area (TPSA) is 83.9 Å². The number of imidazole rings is 1. The minimum absolute atomic E-state index is 0.00278. The van der Waals surface area contributed by atoms with Crippen molar-refractivity contribution >= 4 is 5.91 Å². The summed E-state index contributed by atoms with van der Waals surface area (Å²) in [4.78, 5) is 38.5. The summed E-state index contributed by atoms with van der Waals surface area (Å²) in [6, 6.07) is 9.18. The van der Waals surface area contributed by atoms with Crippen LogP contribution in [0.1, 0.15) is 24.2 Å². The van der Waals surface area contributed by atoms with Crippen molar-refractivity contribution in [2.24, 2.45) is 0 Å². The van der Waals surface area contributed by atoms with Gasteiger partial charge in [-0.2, -0.15) is 0 Å². The van der Waals surface area contributed by atoms with Gasteiger partial charge in [0.15, 0.2) is 0 Å². The van der Waals surface area contributed by atoms with Crippen LogP contribution in [0.3, 0.4) is 0 Å². The van der Waals surface area contributed by atoms with Crippen LogP contribution in [-0.2, 0) is 17.8 Å². The first-order chi connectivity index (χ1) is 12.6. The van der Waals surface area contributed by atoms with E-state index >= 15 is 0 Å². The zero-order valence-electron chi connectivity index (χ0n) is 14.4. The van der Waals surface area contributed by atoms with E-state index in [0.717, 1.165) is 5.56 Å². The molecule has 0 radical (unpaired) electrons. The molecule has 1 aliphatic rings. The molecule has 0 saturated carbocycles. The van der Waals surface area contributed by atoms with Gasteiger partial charge < -0.3 is 14.5 Å². The van der Waals surface area contributed by atoms with Crippen LogP contribution >= 0.6 is 0 Å². The average molecular weight is 349 g/mol. The molecule has 0 aliphatic carbocycles. The molecule has 3 aromatic rings. The second kappa shape index (κ2) is 6.59. The van der Waals surface area contributed by atoms with Gasteiger partial charge in [-0.25, -0.2) is 9.97 Å². The van der Waals surface area contributed by atoms with Crippen LogP contribution in [0.2, 0.25) is 0 Å². The van der Waals surface area contributed by atoms with Crippen LogP contribution < -0.4 is 5.56 Å². The standard InChI is InChI=1S/C19H19N5O2/c1-13(24-10-8-20-12-24)19(26)23-9-7-15-16(11-23)21-17(22-18(15)25)14-5-3-2-4-6-14/h2-6,8,10,12-13H,7,9,11H2,1H3,(H,21,22,25)/t13-/m1/s1. The predicted molar refractivity (Wildman–Crippen MR) is 96.4 cm³/mol. The Bertz CT molecular complexity index is 979. The number of hydrogen-bond donors (Lipinski definition) is 1. The highest BCUT2D eigenvalue weighted by Gasteiger charge is 2.28. The number of nitrogens with zero attached hydrogens (tertiary/aromatic N) is 4. The van der Waals surface area contributed by atoms with Gasteiger partial charge in [0.25, 0.3) is 5.56 Å². The number of rotatable bonds is 3. The summed E-state index contributed by atoms with van der Waals surface area (Å²) in [7, 11) is 0. The monoisotopic (exact) mass is 349 g/mol. The van der Waals surface area contributed by atoms with Gasteiger partial charge >= 0.3 is 0 Å². The Morgan fingerprint density at radius 2 is 2.08 bits per heavy atom. The molecule has 1 aliphatic heterocycles. The van der Waals surface area contributed by atoms with Crippen molar-refractivity contribution in [2.45, 2.75) is 25.9 Å². The Morgan fingerprint density at radius 1 is 1.27 bits per heavy atom. The summed E-state index contributed by atoms with van der Waals surface area (Å²) >= 11 is 0. The molecule has 0 fully saturated rings. The predicted octanol–water partition coefficient (Wildman–Crippen LogP) is 1.78. The third kappa shape index (κ3) is 2.92. The van der Waals surface area contributed by atoms with Crippen LogP contribution in [0.4, 0.5) is 0 Å². The van der Waals surface area contributed by atoms with Gasteiger partial charge in [-0.05, 0) is 13.3 Å². The molecule has 0 spiro atoms. The Hall–Kier alpha value is -3.22. The first-order valence-corrected chi connectivity index (χ1v) is 8.57. The zero-order valence-corrected chi connectivity index (χ0v) is 14.4. The maximum absolute atomic E-state index is 12.8. The van der Waals surface area contributed by atoms with Gasteiger partial charge in [-0.3, -0.25) is 9.59 Å². The molecule has 7 nitrogen and oxygen atoms in total. The van der Waals surface area contributed by atoms with Crippen molar-refractivity contribution in [3.05, 3.63) is 70.7 Å². The van der Waals surface area contributed by atoms with E-state index in [0.29, 0.717) is 36.6 Å². The smallest absolute Gasteiger partial charge is 0.254 e. The number of benzene rings is 1. The number of hydrogen-bond acceptors (Lipinski definition) is 4. The van der Waals surface area contributed by atoms with E-state index < -0.39 is 0 Å². The molecule has 26 heavy (non-hydrogen) atoms. The molecular formula is C19H19N5O2. The molecule has 1 aromatic carbocycles. The first kappa shape index (κ1) is 16.3. The quantitative estimate of drug-likeness (QED) is 0.781. The van der Waals surface area contributed by atoms with Crippen LogP contribution in [0.5, 0.6) is 0 Å². The van der Waals surface area contributed by atoms with E-state index in [1.165, 1.54) is 0 Å². The van der Waals surface area contributed by atoms with Gasteiger partial charge in [-0.1, -0.05) is 30.3 Å².